The Morgan fingerprint density at radius 1 is 1.16 bits per heavy atom. The maximum Gasteiger partial charge on any atom is 0.214 e. The molecule has 0 saturated carbocycles. The number of nitrogen functional groups attached to an aromatic ring is 1. The molecule has 1 aliphatic carbocycles. The van der Waals surface area contributed by atoms with Crippen LogP contribution >= 0.6 is 11.3 Å². The summed E-state index contributed by atoms with van der Waals surface area (Å²) < 4.78 is 1.76. The second-order valence-electron chi connectivity index (χ2n) is 4.98. The Kier molecular flexibility index (Phi) is 2.35. The topological polar surface area (TPSA) is 56.2 Å². The summed E-state index contributed by atoms with van der Waals surface area (Å²) in [7, 11) is 0. The summed E-state index contributed by atoms with van der Waals surface area (Å²) in [6.07, 6.45) is 6.97. The van der Waals surface area contributed by atoms with E-state index in [0.29, 0.717) is 5.13 Å². The van der Waals surface area contributed by atoms with Gasteiger partial charge in [0, 0.05) is 5.56 Å². The summed E-state index contributed by atoms with van der Waals surface area (Å²) in [5.41, 5.74) is 10.8. The van der Waals surface area contributed by atoms with Gasteiger partial charge in [0.1, 0.15) is 0 Å². The molecule has 5 heteroatoms. The van der Waals surface area contributed by atoms with Crippen molar-refractivity contribution in [1.82, 2.24) is 14.6 Å². The Morgan fingerprint density at radius 3 is 2.84 bits per heavy atom. The highest BCUT2D eigenvalue weighted by molar-refractivity contribution is 7.20. The van der Waals surface area contributed by atoms with Crippen molar-refractivity contribution >= 4 is 21.4 Å². The van der Waals surface area contributed by atoms with Crippen LogP contribution in [0.3, 0.4) is 0 Å². The van der Waals surface area contributed by atoms with Crippen molar-refractivity contribution in [2.24, 2.45) is 0 Å². The molecule has 0 fully saturated rings. The molecule has 3 aromatic rings. The van der Waals surface area contributed by atoms with Gasteiger partial charge >= 0.3 is 0 Å². The van der Waals surface area contributed by atoms with Crippen molar-refractivity contribution in [3.8, 4) is 11.3 Å². The minimum atomic E-state index is 0.555. The highest BCUT2D eigenvalue weighted by atomic mass is 32.1. The van der Waals surface area contributed by atoms with Crippen LogP contribution in [0.15, 0.2) is 24.4 Å². The van der Waals surface area contributed by atoms with Crippen LogP contribution in [-0.2, 0) is 12.8 Å². The Morgan fingerprint density at radius 2 is 2.00 bits per heavy atom. The Balaban J connectivity index is 1.80. The molecule has 2 N–H and O–H groups in total. The largest absolute Gasteiger partial charge is 0.374 e. The number of nitrogens with zero attached hydrogens (tertiary/aromatic N) is 3. The van der Waals surface area contributed by atoms with Gasteiger partial charge in [-0.2, -0.15) is 0 Å². The minimum absolute atomic E-state index is 0.555. The van der Waals surface area contributed by atoms with Crippen LogP contribution in [0.2, 0.25) is 0 Å². The van der Waals surface area contributed by atoms with Crippen molar-refractivity contribution in [1.29, 1.82) is 0 Å². The smallest absolute Gasteiger partial charge is 0.214 e. The molecule has 0 saturated heterocycles. The lowest BCUT2D eigenvalue weighted by atomic mass is 9.90. The quantitative estimate of drug-likeness (QED) is 0.739. The predicted molar refractivity (Wildman–Crippen MR) is 77.4 cm³/mol. The van der Waals surface area contributed by atoms with E-state index in [1.807, 2.05) is 6.20 Å². The monoisotopic (exact) mass is 270 g/mol. The maximum atomic E-state index is 5.66. The summed E-state index contributed by atoms with van der Waals surface area (Å²) >= 11 is 1.41. The molecule has 19 heavy (non-hydrogen) atoms. The van der Waals surface area contributed by atoms with Crippen LogP contribution in [0.4, 0.5) is 5.13 Å². The summed E-state index contributed by atoms with van der Waals surface area (Å²) in [6, 6.07) is 6.70. The van der Waals surface area contributed by atoms with Crippen LogP contribution in [0, 0.1) is 0 Å². The molecular weight excluding hydrogens is 256 g/mol. The zero-order valence-electron chi connectivity index (χ0n) is 10.5. The number of anilines is 1. The van der Waals surface area contributed by atoms with E-state index >= 15 is 0 Å². The number of benzene rings is 1. The van der Waals surface area contributed by atoms with E-state index in [-0.39, 0.29) is 0 Å². The number of aryl methyl sites for hydroxylation is 2. The van der Waals surface area contributed by atoms with Crippen molar-refractivity contribution in [3.63, 3.8) is 0 Å². The van der Waals surface area contributed by atoms with Gasteiger partial charge in [0.15, 0.2) is 0 Å². The van der Waals surface area contributed by atoms with Crippen LogP contribution < -0.4 is 5.73 Å². The molecule has 0 unspecified atom stereocenters. The first-order valence-corrected chi connectivity index (χ1v) is 7.35. The van der Waals surface area contributed by atoms with Gasteiger partial charge in [-0.25, -0.2) is 9.50 Å². The van der Waals surface area contributed by atoms with Crippen molar-refractivity contribution in [2.75, 3.05) is 5.73 Å². The fraction of sp³-hybridized carbons (Fsp3) is 0.286. The van der Waals surface area contributed by atoms with E-state index in [0.717, 1.165) is 10.7 Å². The number of aromatic nitrogens is 3. The first-order valence-electron chi connectivity index (χ1n) is 6.53. The van der Waals surface area contributed by atoms with Gasteiger partial charge in [-0.05, 0) is 42.9 Å². The molecule has 1 aliphatic rings. The summed E-state index contributed by atoms with van der Waals surface area (Å²) in [4.78, 5) is 5.44. The van der Waals surface area contributed by atoms with Gasteiger partial charge in [0.25, 0.3) is 0 Å². The summed E-state index contributed by atoms with van der Waals surface area (Å²) in [5, 5.41) is 4.75. The summed E-state index contributed by atoms with van der Waals surface area (Å²) in [6.45, 7) is 0. The predicted octanol–water partition coefficient (Wildman–Crippen LogP) is 2.92. The maximum absolute atomic E-state index is 5.66. The Labute approximate surface area is 114 Å². The van der Waals surface area contributed by atoms with E-state index in [9.17, 15) is 0 Å². The van der Waals surface area contributed by atoms with Gasteiger partial charge in [-0.15, -0.1) is 5.10 Å². The third-order valence-electron chi connectivity index (χ3n) is 3.70. The van der Waals surface area contributed by atoms with Gasteiger partial charge in [0.05, 0.1) is 11.9 Å². The zero-order chi connectivity index (χ0) is 12.8. The van der Waals surface area contributed by atoms with Gasteiger partial charge in [-0.1, -0.05) is 23.5 Å². The second-order valence-corrected chi connectivity index (χ2v) is 5.97. The molecule has 4 rings (SSSR count). The number of hydrogen-bond acceptors (Lipinski definition) is 4. The highest BCUT2D eigenvalue weighted by Crippen LogP contribution is 2.28. The minimum Gasteiger partial charge on any atom is -0.374 e. The van der Waals surface area contributed by atoms with E-state index in [4.69, 9.17) is 5.73 Å². The van der Waals surface area contributed by atoms with Crippen LogP contribution in [0.5, 0.6) is 0 Å². The number of hydrogen-bond donors (Lipinski definition) is 1. The van der Waals surface area contributed by atoms with Crippen molar-refractivity contribution < 1.29 is 0 Å². The Hall–Kier alpha value is -1.88. The summed E-state index contributed by atoms with van der Waals surface area (Å²) in [5.74, 6) is 0. The molecule has 0 atom stereocenters. The molecule has 2 aromatic heterocycles. The second kappa shape index (κ2) is 4.06. The molecule has 0 amide bonds. The molecule has 0 spiro atoms. The molecule has 4 nitrogen and oxygen atoms in total. The number of nitrogens with two attached hydrogens (primary N) is 1. The Bertz CT molecular complexity index is 724. The number of rotatable bonds is 1. The fourth-order valence-electron chi connectivity index (χ4n) is 2.75. The van der Waals surface area contributed by atoms with Gasteiger partial charge in [-0.3, -0.25) is 0 Å². The van der Waals surface area contributed by atoms with E-state index in [2.05, 4.69) is 28.3 Å². The lowest BCUT2D eigenvalue weighted by Gasteiger charge is -2.15. The molecule has 0 aliphatic heterocycles. The van der Waals surface area contributed by atoms with Crippen LogP contribution in [-0.4, -0.2) is 14.6 Å². The van der Waals surface area contributed by atoms with E-state index in [1.165, 1.54) is 53.7 Å². The van der Waals surface area contributed by atoms with Crippen LogP contribution in [0.1, 0.15) is 24.0 Å². The standard InChI is InChI=1S/C14H14N4S/c15-13-17-18-8-12(16-14(18)19-13)11-6-5-9-3-1-2-4-10(9)7-11/h5-8H,1-4H2,(H2,15,17). The molecule has 1 aromatic carbocycles. The lowest BCUT2D eigenvalue weighted by Crippen LogP contribution is -2.02. The molecular formula is C14H14N4S. The van der Waals surface area contributed by atoms with Crippen molar-refractivity contribution in [2.45, 2.75) is 25.7 Å². The third kappa shape index (κ3) is 1.81. The SMILES string of the molecule is Nc1nn2cc(-c3ccc4c(c3)CCCC4)nc2s1. The number of imidazole rings is 1. The lowest BCUT2D eigenvalue weighted by molar-refractivity contribution is 0.686. The zero-order valence-corrected chi connectivity index (χ0v) is 11.3. The normalized spacial score (nSPS) is 14.7. The molecule has 0 bridgehead atoms. The van der Waals surface area contributed by atoms with Crippen molar-refractivity contribution in [3.05, 3.63) is 35.5 Å². The van der Waals surface area contributed by atoms with E-state index < -0.39 is 0 Å². The first-order chi connectivity index (χ1) is 9.29. The van der Waals surface area contributed by atoms with E-state index in [1.54, 1.807) is 4.52 Å². The average molecular weight is 270 g/mol. The molecule has 96 valence electrons. The molecule has 0 radical (unpaired) electrons. The first kappa shape index (κ1) is 11.0. The third-order valence-corrected chi connectivity index (χ3v) is 4.45. The molecule has 2 heterocycles. The number of fused-ring (bicyclic) bond motifs is 2. The van der Waals surface area contributed by atoms with Gasteiger partial charge in [0.2, 0.25) is 10.1 Å². The average Bonchev–Trinajstić information content (AvgIpc) is 2.95. The van der Waals surface area contributed by atoms with Gasteiger partial charge < -0.3 is 5.73 Å². The fourth-order valence-corrected chi connectivity index (χ4v) is 3.39. The van der Waals surface area contributed by atoms with Crippen LogP contribution in [0.25, 0.3) is 16.2 Å². The highest BCUT2D eigenvalue weighted by Gasteiger charge is 2.12.